The molecule has 0 unspecified atom stereocenters. The van der Waals surface area contributed by atoms with E-state index in [9.17, 15) is 0 Å². The average molecular weight is 425 g/mol. The molecule has 1 rings (SSSR count). The molecule has 0 atom stereocenters. The van der Waals surface area contributed by atoms with Gasteiger partial charge in [-0.3, -0.25) is 0 Å². The zero-order valence-electron chi connectivity index (χ0n) is 17.3. The monoisotopic (exact) mass is 424 g/mol. The lowest BCUT2D eigenvalue weighted by Gasteiger charge is -2.52. The van der Waals surface area contributed by atoms with Crippen LogP contribution in [0.1, 0.15) is 55.4 Å². The molecule has 8 heteroatoms. The second-order valence-corrected chi connectivity index (χ2v) is 29.4. The molecule has 1 heterocycles. The summed E-state index contributed by atoms with van der Waals surface area (Å²) in [6, 6.07) is 8.95. The first kappa shape index (κ1) is 23.1. The summed E-state index contributed by atoms with van der Waals surface area (Å²) in [4.78, 5) is 0. The van der Waals surface area contributed by atoms with Crippen molar-refractivity contribution in [3.05, 3.63) is 0 Å². The Hall–Kier alpha value is 1.10. The van der Waals surface area contributed by atoms with E-state index in [1.807, 2.05) is 0 Å². The van der Waals surface area contributed by atoms with Crippen LogP contribution in [0.25, 0.3) is 0 Å². The molecule has 1 fully saturated rings. The van der Waals surface area contributed by atoms with Gasteiger partial charge in [0, 0.05) is 0 Å². The molecule has 0 amide bonds. The SMILES string of the molecule is CC[Si]1(CC)O[Si](CC)(CC)O[Si](CC)(CC)S[Si](CC)(CC)O1. The lowest BCUT2D eigenvalue weighted by atomic mass is 10.9. The van der Waals surface area contributed by atoms with Gasteiger partial charge in [-0.15, -0.1) is 0 Å². The summed E-state index contributed by atoms with van der Waals surface area (Å²) >= 11 is 0. The molecule has 144 valence electrons. The molecule has 1 aliphatic rings. The molecule has 0 spiro atoms. The minimum Gasteiger partial charge on any atom is -0.428 e. The molecule has 1 saturated heterocycles. The van der Waals surface area contributed by atoms with Gasteiger partial charge >= 0.3 is 17.1 Å². The molecule has 0 aromatic carbocycles. The van der Waals surface area contributed by atoms with Crippen LogP contribution in [0.3, 0.4) is 0 Å². The minimum atomic E-state index is -2.16. The van der Waals surface area contributed by atoms with Crippen molar-refractivity contribution in [1.82, 2.24) is 0 Å². The summed E-state index contributed by atoms with van der Waals surface area (Å²) in [5, 5.41) is 0. The van der Waals surface area contributed by atoms with Crippen LogP contribution < -0.4 is 0 Å². The largest absolute Gasteiger partial charge is 0.428 e. The summed E-state index contributed by atoms with van der Waals surface area (Å²) in [6.07, 6.45) is 0. The highest BCUT2D eigenvalue weighted by molar-refractivity contribution is 8.49. The van der Waals surface area contributed by atoms with Crippen LogP contribution >= 0.6 is 10.7 Å². The predicted molar refractivity (Wildman–Crippen MR) is 118 cm³/mol. The summed E-state index contributed by atoms with van der Waals surface area (Å²) in [6.45, 7) is 18.5. The number of hydrogen-bond acceptors (Lipinski definition) is 4. The van der Waals surface area contributed by atoms with Crippen molar-refractivity contribution < 1.29 is 12.3 Å². The molecule has 0 N–H and O–H groups in total. The van der Waals surface area contributed by atoms with E-state index in [0.717, 1.165) is 24.2 Å². The Labute approximate surface area is 158 Å². The van der Waals surface area contributed by atoms with Crippen LogP contribution in [-0.4, -0.2) is 32.1 Å². The zero-order valence-corrected chi connectivity index (χ0v) is 22.1. The van der Waals surface area contributed by atoms with Crippen molar-refractivity contribution in [2.75, 3.05) is 0 Å². The second kappa shape index (κ2) is 9.34. The Morgan fingerprint density at radius 2 is 0.750 bits per heavy atom. The van der Waals surface area contributed by atoms with Crippen LogP contribution in [-0.2, 0) is 12.3 Å². The first-order chi connectivity index (χ1) is 11.3. The van der Waals surface area contributed by atoms with Gasteiger partial charge in [0.1, 0.15) is 0 Å². The number of rotatable bonds is 8. The predicted octanol–water partition coefficient (Wildman–Crippen LogP) is 6.71. The van der Waals surface area contributed by atoms with Gasteiger partial charge in [-0.1, -0.05) is 55.4 Å². The first-order valence-electron chi connectivity index (χ1n) is 10.1. The van der Waals surface area contributed by atoms with Gasteiger partial charge < -0.3 is 12.3 Å². The van der Waals surface area contributed by atoms with Crippen LogP contribution in [0.2, 0.25) is 48.4 Å². The standard InChI is InChI=1S/C16H40O3SSi4/c1-9-21(10-2)17-22(11-3,12-4)19-24(15-7,16-8)20-23(13-5,14-6)18-21/h9-16H2,1-8H3. The van der Waals surface area contributed by atoms with Gasteiger partial charge in [-0.05, 0) is 48.4 Å². The molecule has 3 nitrogen and oxygen atoms in total. The summed E-state index contributed by atoms with van der Waals surface area (Å²) in [7, 11) is -5.75. The van der Waals surface area contributed by atoms with Crippen molar-refractivity contribution in [1.29, 1.82) is 0 Å². The van der Waals surface area contributed by atoms with Gasteiger partial charge in [-0.25, -0.2) is 0 Å². The molecule has 0 aromatic heterocycles. The number of hydrogen-bond donors (Lipinski definition) is 0. The van der Waals surface area contributed by atoms with Crippen LogP contribution in [0.15, 0.2) is 0 Å². The lowest BCUT2D eigenvalue weighted by molar-refractivity contribution is 0.306. The van der Waals surface area contributed by atoms with Crippen molar-refractivity contribution in [2.45, 2.75) is 104 Å². The maximum Gasteiger partial charge on any atom is 0.319 e. The van der Waals surface area contributed by atoms with E-state index in [1.165, 1.54) is 24.2 Å². The van der Waals surface area contributed by atoms with E-state index in [0.29, 0.717) is 0 Å². The Morgan fingerprint density at radius 1 is 0.458 bits per heavy atom. The summed E-state index contributed by atoms with van der Waals surface area (Å²) < 4.78 is 21.4. The Kier molecular flexibility index (Phi) is 9.01. The Bertz CT molecular complexity index is 294. The minimum absolute atomic E-state index is 1.06. The highest BCUT2D eigenvalue weighted by Crippen LogP contribution is 2.49. The van der Waals surface area contributed by atoms with Crippen LogP contribution in [0.5, 0.6) is 0 Å². The zero-order chi connectivity index (χ0) is 18.5. The molecule has 1 aliphatic heterocycles. The highest BCUT2D eigenvalue weighted by atomic mass is 32.5. The topological polar surface area (TPSA) is 27.7 Å². The second-order valence-electron chi connectivity index (χ2n) is 6.88. The maximum absolute atomic E-state index is 7.19. The van der Waals surface area contributed by atoms with Crippen LogP contribution in [0, 0.1) is 0 Å². The molecule has 0 aromatic rings. The average Bonchev–Trinajstić information content (AvgIpc) is 2.63. The normalized spacial score (nSPS) is 25.0. The molecule has 0 saturated carbocycles. The van der Waals surface area contributed by atoms with E-state index in [4.69, 9.17) is 12.3 Å². The third kappa shape index (κ3) is 4.68. The molecular formula is C16H40O3SSi4. The molecule has 24 heavy (non-hydrogen) atoms. The quantitative estimate of drug-likeness (QED) is 0.404. The first-order valence-corrected chi connectivity index (χ1v) is 21.5. The molecule has 0 aliphatic carbocycles. The van der Waals surface area contributed by atoms with E-state index in [-0.39, 0.29) is 0 Å². The maximum atomic E-state index is 7.19. The van der Waals surface area contributed by atoms with E-state index in [1.54, 1.807) is 0 Å². The molecule has 0 bridgehead atoms. The van der Waals surface area contributed by atoms with Crippen molar-refractivity contribution in [2.24, 2.45) is 0 Å². The van der Waals surface area contributed by atoms with Crippen molar-refractivity contribution >= 4 is 42.7 Å². The Morgan fingerprint density at radius 3 is 0.958 bits per heavy atom. The Balaban J connectivity index is 3.45. The van der Waals surface area contributed by atoms with Gasteiger partial charge in [0.15, 0.2) is 0 Å². The van der Waals surface area contributed by atoms with Crippen molar-refractivity contribution in [3.63, 3.8) is 0 Å². The lowest BCUT2D eigenvalue weighted by Crippen LogP contribution is -2.65. The smallest absolute Gasteiger partial charge is 0.319 e. The van der Waals surface area contributed by atoms with E-state index in [2.05, 4.69) is 66.1 Å². The third-order valence-corrected chi connectivity index (χ3v) is 38.0. The fraction of sp³-hybridized carbons (Fsp3) is 1.00. The van der Waals surface area contributed by atoms with Gasteiger partial charge in [-0.2, -0.15) is 10.7 Å². The van der Waals surface area contributed by atoms with Gasteiger partial charge in [0.2, 0.25) is 14.9 Å². The van der Waals surface area contributed by atoms with Crippen molar-refractivity contribution in [3.8, 4) is 0 Å². The fourth-order valence-electron chi connectivity index (χ4n) is 3.59. The molecule has 0 radical (unpaired) electrons. The molecular weight excluding hydrogens is 385 g/mol. The van der Waals surface area contributed by atoms with E-state index >= 15 is 0 Å². The highest BCUT2D eigenvalue weighted by Gasteiger charge is 2.58. The van der Waals surface area contributed by atoms with Gasteiger partial charge in [0.05, 0.1) is 0 Å². The summed E-state index contributed by atoms with van der Waals surface area (Å²) in [5.74, 6) is 0. The fourth-order valence-corrected chi connectivity index (χ4v) is 44.1. The summed E-state index contributed by atoms with van der Waals surface area (Å²) in [5.41, 5.74) is 0. The van der Waals surface area contributed by atoms with E-state index < -0.39 is 32.1 Å². The third-order valence-electron chi connectivity index (χ3n) is 5.80. The van der Waals surface area contributed by atoms with Gasteiger partial charge in [0.25, 0.3) is 0 Å². The van der Waals surface area contributed by atoms with Crippen LogP contribution in [0.4, 0.5) is 0 Å².